The Morgan fingerprint density at radius 2 is 1.79 bits per heavy atom. The van der Waals surface area contributed by atoms with Crippen LogP contribution in [-0.4, -0.2) is 6.88 Å². The molecule has 0 radical (unpaired) electrons. The summed E-state index contributed by atoms with van der Waals surface area (Å²) >= 11 is 1.58. The first-order valence-corrected chi connectivity index (χ1v) is 11.3. The molecule has 0 aromatic rings. The Labute approximate surface area is 149 Å². The molecule has 0 aromatic carbocycles. The van der Waals surface area contributed by atoms with Crippen molar-refractivity contribution < 1.29 is 23.3 Å². The zero-order valence-electron chi connectivity index (χ0n) is 12.2. The van der Waals surface area contributed by atoms with Crippen molar-refractivity contribution in [2.45, 2.75) is 33.1 Å². The average Bonchev–Trinajstić information content (AvgIpc) is 2.96. The molecule has 0 atom stereocenters. The van der Waals surface area contributed by atoms with Crippen LogP contribution in [-0.2, 0) is 23.3 Å². The quantitative estimate of drug-likeness (QED) is 0.414. The molecule has 0 bridgehead atoms. The van der Waals surface area contributed by atoms with E-state index in [0.29, 0.717) is 0 Å². The van der Waals surface area contributed by atoms with Crippen LogP contribution in [0, 0.1) is 26.5 Å². The van der Waals surface area contributed by atoms with E-state index < -0.39 is 0 Å². The number of hydrogen-bond acceptors (Lipinski definition) is 0. The van der Waals surface area contributed by atoms with Crippen molar-refractivity contribution in [3.05, 3.63) is 62.5 Å². The van der Waals surface area contributed by atoms with Gasteiger partial charge in [0.25, 0.3) is 0 Å². The van der Waals surface area contributed by atoms with Gasteiger partial charge < -0.3 is 14.4 Å². The van der Waals surface area contributed by atoms with E-state index in [2.05, 4.69) is 44.2 Å². The van der Waals surface area contributed by atoms with Crippen LogP contribution < -0.4 is 0 Å². The SMILES string of the molecule is CC1=[C-]CC=C1.Cl.Cl.[C-]1=CC=CC1.[CH2-]CC.[CH3-].[SiH2]=[Zr]. The van der Waals surface area contributed by atoms with Gasteiger partial charge in [-0.1, -0.05) is 13.8 Å². The fourth-order valence-corrected chi connectivity index (χ4v) is 0.855. The first kappa shape index (κ1) is 31.8. The van der Waals surface area contributed by atoms with Crippen molar-refractivity contribution in [2.24, 2.45) is 0 Å². The van der Waals surface area contributed by atoms with Crippen molar-refractivity contribution in [3.8, 4) is 0 Å². The minimum atomic E-state index is 0. The van der Waals surface area contributed by atoms with Crippen LogP contribution >= 0.6 is 24.8 Å². The fraction of sp³-hybridized carbons (Fsp3) is 0.333. The monoisotopic (exact) mass is 394 g/mol. The number of hydrogen-bond donors (Lipinski definition) is 0. The summed E-state index contributed by atoms with van der Waals surface area (Å²) in [6.07, 6.45) is 19.3. The maximum absolute atomic E-state index is 3.49. The zero-order chi connectivity index (χ0) is 12.6. The Hall–Kier alpha value is 0.640. The molecule has 0 amide bonds. The summed E-state index contributed by atoms with van der Waals surface area (Å²) in [5.41, 5.74) is 1.27. The van der Waals surface area contributed by atoms with Crippen LogP contribution in [0.15, 0.2) is 36.0 Å². The molecule has 0 spiro atoms. The predicted octanol–water partition coefficient (Wildman–Crippen LogP) is 4.61. The number of rotatable bonds is 0. The van der Waals surface area contributed by atoms with Gasteiger partial charge in [-0.25, -0.2) is 23.8 Å². The van der Waals surface area contributed by atoms with Crippen molar-refractivity contribution in [1.29, 1.82) is 0 Å². The summed E-state index contributed by atoms with van der Waals surface area (Å²) in [6, 6.07) is 0. The molecular formula is C15H26Cl2SiZr-4. The summed E-state index contributed by atoms with van der Waals surface area (Å²) in [5.74, 6) is 0. The van der Waals surface area contributed by atoms with E-state index in [4.69, 9.17) is 0 Å². The summed E-state index contributed by atoms with van der Waals surface area (Å²) < 4.78 is 0. The third kappa shape index (κ3) is 32.3. The third-order valence-corrected chi connectivity index (χ3v) is 1.45. The standard InChI is InChI=1S/C6H7.C5H5.C3H7.CH3.2ClH.H2Si.Zr/c1-6-4-2-3-5-6;1-2-4-5-3-1;1-3-2;;;;;/h2,4H,3H2,1H3;1-3H,4H2;1,3H2,2H3;1H3;2*1H;1H2;/q4*-1;;;;. The van der Waals surface area contributed by atoms with Crippen LogP contribution in [0.4, 0.5) is 0 Å². The molecule has 2 rings (SSSR count). The second-order valence-corrected chi connectivity index (χ2v) is 2.97. The van der Waals surface area contributed by atoms with Gasteiger partial charge in [0.1, 0.15) is 0 Å². The zero-order valence-corrected chi connectivity index (χ0v) is 17.7. The Morgan fingerprint density at radius 1 is 1.26 bits per heavy atom. The van der Waals surface area contributed by atoms with Gasteiger partial charge in [-0.2, -0.15) is 18.6 Å². The number of allylic oxidation sites excluding steroid dienone is 8. The molecule has 4 heteroatoms. The van der Waals surface area contributed by atoms with Crippen molar-refractivity contribution >= 4 is 31.7 Å². The summed E-state index contributed by atoms with van der Waals surface area (Å²) in [5, 5.41) is 0. The van der Waals surface area contributed by atoms with Gasteiger partial charge >= 0.3 is 30.2 Å². The summed E-state index contributed by atoms with van der Waals surface area (Å²) in [4.78, 5) is 0. The molecule has 0 saturated heterocycles. The summed E-state index contributed by atoms with van der Waals surface area (Å²) in [6.45, 7) is 9.51. The van der Waals surface area contributed by atoms with Gasteiger partial charge in [0.15, 0.2) is 0 Å². The third-order valence-electron chi connectivity index (χ3n) is 1.45. The van der Waals surface area contributed by atoms with E-state index in [0.717, 1.165) is 19.3 Å². The molecule has 0 saturated carbocycles. The summed E-state index contributed by atoms with van der Waals surface area (Å²) in [7, 11) is 0. The minimum absolute atomic E-state index is 0. The maximum atomic E-state index is 3.49. The van der Waals surface area contributed by atoms with Crippen LogP contribution in [0.1, 0.15) is 33.1 Å². The first-order chi connectivity index (χ1) is 7.81. The molecule has 0 aromatic heterocycles. The van der Waals surface area contributed by atoms with E-state index in [1.165, 1.54) is 5.57 Å². The van der Waals surface area contributed by atoms with Gasteiger partial charge in [-0.3, -0.25) is 12.2 Å². The average molecular weight is 397 g/mol. The van der Waals surface area contributed by atoms with Gasteiger partial charge in [-0.05, 0) is 0 Å². The molecule has 0 N–H and O–H groups in total. The van der Waals surface area contributed by atoms with E-state index in [-0.39, 0.29) is 32.2 Å². The van der Waals surface area contributed by atoms with Crippen molar-refractivity contribution in [2.75, 3.05) is 0 Å². The Balaban J connectivity index is -0.0000000468. The second-order valence-electron chi connectivity index (χ2n) is 2.97. The normalized spacial score (nSPS) is 11.6. The molecule has 2 aliphatic carbocycles. The van der Waals surface area contributed by atoms with Crippen LogP contribution in [0.3, 0.4) is 0 Å². The van der Waals surface area contributed by atoms with Gasteiger partial charge in [0.2, 0.25) is 0 Å². The van der Waals surface area contributed by atoms with Crippen molar-refractivity contribution in [3.63, 3.8) is 0 Å². The van der Waals surface area contributed by atoms with E-state index >= 15 is 0 Å². The molecule has 0 nitrogen and oxygen atoms in total. The topological polar surface area (TPSA) is 0 Å². The molecule has 2 aliphatic rings. The van der Waals surface area contributed by atoms with E-state index in [9.17, 15) is 0 Å². The van der Waals surface area contributed by atoms with Crippen LogP contribution in [0.5, 0.6) is 0 Å². The van der Waals surface area contributed by atoms with Gasteiger partial charge in [0, 0.05) is 0 Å². The Morgan fingerprint density at radius 3 is 1.89 bits per heavy atom. The molecular weight excluding hydrogens is 370 g/mol. The molecule has 0 fully saturated rings. The van der Waals surface area contributed by atoms with Gasteiger partial charge in [-0.15, -0.1) is 37.7 Å². The van der Waals surface area contributed by atoms with E-state index in [1.807, 2.05) is 26.0 Å². The molecule has 112 valence electrons. The molecule has 0 aliphatic heterocycles. The van der Waals surface area contributed by atoms with Crippen LogP contribution in [0.25, 0.3) is 0 Å². The fourth-order valence-electron chi connectivity index (χ4n) is 0.855. The number of halogens is 2. The molecule has 0 heterocycles. The molecule has 19 heavy (non-hydrogen) atoms. The van der Waals surface area contributed by atoms with Crippen LogP contribution in [0.2, 0.25) is 0 Å². The first-order valence-electron chi connectivity index (χ1n) is 5.41. The van der Waals surface area contributed by atoms with Crippen molar-refractivity contribution in [1.82, 2.24) is 0 Å². The molecule has 0 unspecified atom stereocenters. The Bertz CT molecular complexity index is 246. The second kappa shape index (κ2) is 31.2. The van der Waals surface area contributed by atoms with E-state index in [1.54, 1.807) is 23.3 Å². The predicted molar refractivity (Wildman–Crippen MR) is 92.9 cm³/mol. The van der Waals surface area contributed by atoms with Gasteiger partial charge in [0.05, 0.1) is 0 Å². The Kier molecular flexibility index (Phi) is 52.2.